The maximum Gasteiger partial charge on any atom is 0.337 e. The van der Waals surface area contributed by atoms with Crippen LogP contribution in [-0.2, 0) is 4.79 Å². The molecule has 0 saturated heterocycles. The molecule has 0 aliphatic carbocycles. The molecule has 5 nitrogen and oxygen atoms in total. The van der Waals surface area contributed by atoms with Gasteiger partial charge in [0, 0.05) is 18.8 Å². The van der Waals surface area contributed by atoms with Crippen LogP contribution in [0.3, 0.4) is 0 Å². The van der Waals surface area contributed by atoms with Gasteiger partial charge < -0.3 is 15.3 Å². The number of rotatable bonds is 6. The third kappa shape index (κ3) is 3.71. The fourth-order valence-corrected chi connectivity index (χ4v) is 1.90. The Balaban J connectivity index is 2.85. The molecule has 1 rings (SSSR count). The van der Waals surface area contributed by atoms with Gasteiger partial charge in [-0.05, 0) is 32.9 Å². The largest absolute Gasteiger partial charge is 0.478 e. The second-order valence-electron chi connectivity index (χ2n) is 4.23. The second kappa shape index (κ2) is 6.78. The van der Waals surface area contributed by atoms with Gasteiger partial charge in [-0.2, -0.15) is 0 Å². The van der Waals surface area contributed by atoms with E-state index in [9.17, 15) is 9.59 Å². The zero-order valence-corrected chi connectivity index (χ0v) is 11.5. The first-order valence-electron chi connectivity index (χ1n) is 6.38. The average molecular weight is 264 g/mol. The molecule has 0 saturated carbocycles. The topological polar surface area (TPSA) is 69.6 Å². The lowest BCUT2D eigenvalue weighted by Gasteiger charge is -2.24. The van der Waals surface area contributed by atoms with E-state index in [1.54, 1.807) is 30.0 Å². The first-order valence-corrected chi connectivity index (χ1v) is 6.38. The smallest absolute Gasteiger partial charge is 0.337 e. The number of hydrogen-bond acceptors (Lipinski definition) is 3. The molecule has 19 heavy (non-hydrogen) atoms. The van der Waals surface area contributed by atoms with Crippen LogP contribution >= 0.6 is 0 Å². The highest BCUT2D eigenvalue weighted by Crippen LogP contribution is 2.16. The lowest BCUT2D eigenvalue weighted by molar-refractivity contribution is -0.131. The third-order valence-corrected chi connectivity index (χ3v) is 2.98. The number of hydrogen-bond donors (Lipinski definition) is 2. The third-order valence-electron chi connectivity index (χ3n) is 2.98. The maximum atomic E-state index is 12.1. The van der Waals surface area contributed by atoms with Crippen LogP contribution in [0.2, 0.25) is 0 Å². The van der Waals surface area contributed by atoms with Crippen molar-refractivity contribution in [2.45, 2.75) is 26.8 Å². The summed E-state index contributed by atoms with van der Waals surface area (Å²) in [6.07, 6.45) is 0. The zero-order valence-electron chi connectivity index (χ0n) is 11.5. The van der Waals surface area contributed by atoms with Gasteiger partial charge in [0.05, 0.1) is 5.56 Å². The summed E-state index contributed by atoms with van der Waals surface area (Å²) in [6, 6.07) is 6.12. The minimum Gasteiger partial charge on any atom is -0.478 e. The lowest BCUT2D eigenvalue weighted by Crippen LogP contribution is -2.41. The molecule has 2 N–H and O–H groups in total. The van der Waals surface area contributed by atoms with Gasteiger partial charge in [-0.25, -0.2) is 4.79 Å². The predicted octanol–water partition coefficient (Wildman–Crippen LogP) is 2.05. The lowest BCUT2D eigenvalue weighted by atomic mass is 10.1. The number of para-hydroxylation sites is 1. The number of nitrogens with zero attached hydrogens (tertiary/aromatic N) is 1. The predicted molar refractivity (Wildman–Crippen MR) is 74.4 cm³/mol. The Morgan fingerprint density at radius 1 is 1.26 bits per heavy atom. The van der Waals surface area contributed by atoms with Gasteiger partial charge in [0.25, 0.3) is 0 Å². The van der Waals surface area contributed by atoms with Crippen molar-refractivity contribution in [1.29, 1.82) is 0 Å². The Kier molecular flexibility index (Phi) is 5.36. The van der Waals surface area contributed by atoms with E-state index >= 15 is 0 Å². The Bertz CT molecular complexity index is 456. The molecular weight excluding hydrogens is 244 g/mol. The molecule has 1 aromatic carbocycles. The second-order valence-corrected chi connectivity index (χ2v) is 4.23. The number of carbonyl (C=O) groups is 2. The highest BCUT2D eigenvalue weighted by Gasteiger charge is 2.19. The highest BCUT2D eigenvalue weighted by molar-refractivity contribution is 5.95. The van der Waals surface area contributed by atoms with E-state index in [1.165, 1.54) is 6.07 Å². The van der Waals surface area contributed by atoms with Crippen LogP contribution in [0.5, 0.6) is 0 Å². The first kappa shape index (κ1) is 15.0. The van der Waals surface area contributed by atoms with Crippen molar-refractivity contribution in [2.75, 3.05) is 18.4 Å². The molecule has 0 aromatic heterocycles. The van der Waals surface area contributed by atoms with Gasteiger partial charge in [0.15, 0.2) is 0 Å². The van der Waals surface area contributed by atoms with Crippen molar-refractivity contribution < 1.29 is 14.7 Å². The molecule has 5 heteroatoms. The summed E-state index contributed by atoms with van der Waals surface area (Å²) >= 11 is 0. The number of carbonyl (C=O) groups excluding carboxylic acids is 1. The van der Waals surface area contributed by atoms with Gasteiger partial charge in [-0.15, -0.1) is 0 Å². The first-order chi connectivity index (χ1) is 9.01. The quantitative estimate of drug-likeness (QED) is 0.825. The Morgan fingerprint density at radius 3 is 2.37 bits per heavy atom. The van der Waals surface area contributed by atoms with Crippen LogP contribution < -0.4 is 5.32 Å². The monoisotopic (exact) mass is 264 g/mol. The molecule has 104 valence electrons. The molecule has 0 radical (unpaired) electrons. The minimum atomic E-state index is -1.01. The molecule has 0 heterocycles. The number of likely N-dealkylation sites (N-methyl/N-ethyl adjacent to an activating group) is 1. The Morgan fingerprint density at radius 2 is 1.84 bits per heavy atom. The number of anilines is 1. The van der Waals surface area contributed by atoms with E-state index in [-0.39, 0.29) is 11.5 Å². The fraction of sp³-hybridized carbons (Fsp3) is 0.429. The molecule has 0 aliphatic heterocycles. The van der Waals surface area contributed by atoms with Gasteiger partial charge in [0.1, 0.15) is 6.04 Å². The molecule has 0 spiro atoms. The number of carboxylic acids is 1. The summed E-state index contributed by atoms with van der Waals surface area (Å²) < 4.78 is 0. The van der Waals surface area contributed by atoms with Crippen molar-refractivity contribution in [2.24, 2.45) is 0 Å². The summed E-state index contributed by atoms with van der Waals surface area (Å²) in [7, 11) is 0. The SMILES string of the molecule is CCN(CC)C(=O)C(C)Nc1ccccc1C(=O)O. The van der Waals surface area contributed by atoms with Crippen molar-refractivity contribution in [3.63, 3.8) is 0 Å². The van der Waals surface area contributed by atoms with Gasteiger partial charge in [0.2, 0.25) is 5.91 Å². The fourth-order valence-electron chi connectivity index (χ4n) is 1.90. The molecule has 1 atom stereocenters. The summed E-state index contributed by atoms with van der Waals surface area (Å²) in [4.78, 5) is 24.9. The van der Waals surface area contributed by atoms with Crippen LogP contribution in [0.25, 0.3) is 0 Å². The summed E-state index contributed by atoms with van der Waals surface area (Å²) in [5.74, 6) is -1.05. The Hall–Kier alpha value is -2.04. The van der Waals surface area contributed by atoms with Crippen molar-refractivity contribution >= 4 is 17.6 Å². The summed E-state index contributed by atoms with van der Waals surface area (Å²) in [6.45, 7) is 6.85. The normalized spacial score (nSPS) is 11.7. The highest BCUT2D eigenvalue weighted by atomic mass is 16.4. The van der Waals surface area contributed by atoms with E-state index in [1.807, 2.05) is 13.8 Å². The number of nitrogens with one attached hydrogen (secondary N) is 1. The summed E-state index contributed by atoms with van der Waals surface area (Å²) in [5, 5.41) is 12.1. The number of aromatic carboxylic acids is 1. The van der Waals surface area contributed by atoms with Crippen LogP contribution in [0.4, 0.5) is 5.69 Å². The standard InChI is InChI=1S/C14H20N2O3/c1-4-16(5-2)13(17)10(3)15-12-9-7-6-8-11(12)14(18)19/h6-10,15H,4-5H2,1-3H3,(H,18,19). The van der Waals surface area contributed by atoms with E-state index in [0.29, 0.717) is 18.8 Å². The van der Waals surface area contributed by atoms with Gasteiger partial charge >= 0.3 is 5.97 Å². The minimum absolute atomic E-state index is 0.0369. The van der Waals surface area contributed by atoms with Crippen LogP contribution in [-0.4, -0.2) is 41.0 Å². The zero-order chi connectivity index (χ0) is 14.4. The Labute approximate surface area is 113 Å². The maximum absolute atomic E-state index is 12.1. The van der Waals surface area contributed by atoms with E-state index < -0.39 is 12.0 Å². The molecular formula is C14H20N2O3. The number of carboxylic acid groups (broad SMARTS) is 1. The number of benzene rings is 1. The van der Waals surface area contributed by atoms with Gasteiger partial charge in [-0.1, -0.05) is 12.1 Å². The van der Waals surface area contributed by atoms with Gasteiger partial charge in [-0.3, -0.25) is 4.79 Å². The molecule has 0 aliphatic rings. The molecule has 1 unspecified atom stereocenters. The van der Waals surface area contributed by atoms with Crippen LogP contribution in [0.15, 0.2) is 24.3 Å². The summed E-state index contributed by atoms with van der Waals surface area (Å²) in [5.41, 5.74) is 0.629. The molecule has 0 fully saturated rings. The number of amides is 1. The molecule has 0 bridgehead atoms. The van der Waals surface area contributed by atoms with Crippen LogP contribution in [0, 0.1) is 0 Å². The molecule has 1 amide bonds. The van der Waals surface area contributed by atoms with Crippen molar-refractivity contribution in [3.8, 4) is 0 Å². The average Bonchev–Trinajstić information content (AvgIpc) is 2.40. The molecule has 1 aromatic rings. The van der Waals surface area contributed by atoms with E-state index in [4.69, 9.17) is 5.11 Å². The van der Waals surface area contributed by atoms with Crippen LogP contribution in [0.1, 0.15) is 31.1 Å². The van der Waals surface area contributed by atoms with E-state index in [0.717, 1.165) is 0 Å². The van der Waals surface area contributed by atoms with E-state index in [2.05, 4.69) is 5.32 Å². The van der Waals surface area contributed by atoms with Crippen molar-refractivity contribution in [3.05, 3.63) is 29.8 Å². The van der Waals surface area contributed by atoms with Crippen molar-refractivity contribution in [1.82, 2.24) is 4.90 Å².